The number of rotatable bonds is 5. The summed E-state index contributed by atoms with van der Waals surface area (Å²) in [5, 5.41) is 8.52. The third-order valence-electron chi connectivity index (χ3n) is 4.20. The van der Waals surface area contributed by atoms with Crippen molar-refractivity contribution in [3.05, 3.63) is 30.2 Å². The van der Waals surface area contributed by atoms with Crippen molar-refractivity contribution in [1.29, 1.82) is 0 Å². The molecule has 7 nitrogen and oxygen atoms in total. The van der Waals surface area contributed by atoms with Crippen molar-refractivity contribution in [1.82, 2.24) is 10.2 Å². The van der Waals surface area contributed by atoms with Gasteiger partial charge in [0.1, 0.15) is 12.7 Å². The summed E-state index contributed by atoms with van der Waals surface area (Å²) < 4.78 is 40.2. The Balaban J connectivity index is 1.29. The van der Waals surface area contributed by atoms with E-state index in [0.717, 1.165) is 11.5 Å². The number of aromatic nitrogens is 2. The second-order valence-electron chi connectivity index (χ2n) is 6.24. The number of nitrogens with zero attached hydrogens (tertiary/aromatic N) is 2. The van der Waals surface area contributed by atoms with E-state index in [1.165, 1.54) is 11.8 Å². The first kappa shape index (κ1) is 16.7. The van der Waals surface area contributed by atoms with Crippen LogP contribution in [0.15, 0.2) is 33.9 Å². The van der Waals surface area contributed by atoms with Gasteiger partial charge in [0.15, 0.2) is 21.3 Å². The zero-order chi connectivity index (χ0) is 17.3. The van der Waals surface area contributed by atoms with Gasteiger partial charge >= 0.3 is 0 Å². The molecule has 1 aromatic carbocycles. The van der Waals surface area contributed by atoms with Crippen LogP contribution in [0.3, 0.4) is 0 Å². The average molecular weight is 382 g/mol. The van der Waals surface area contributed by atoms with Crippen molar-refractivity contribution < 1.29 is 22.3 Å². The van der Waals surface area contributed by atoms with Gasteiger partial charge < -0.3 is 13.9 Å². The van der Waals surface area contributed by atoms with Crippen molar-refractivity contribution in [2.24, 2.45) is 5.92 Å². The van der Waals surface area contributed by atoms with E-state index in [0.29, 0.717) is 36.3 Å². The molecule has 25 heavy (non-hydrogen) atoms. The SMILES string of the molecule is O=S1(=O)CC[C@@H](Cc2nnc(SC[C@H]3COc4ccccc4O3)o2)C1. The molecule has 2 aliphatic rings. The largest absolute Gasteiger partial charge is 0.486 e. The second kappa shape index (κ2) is 6.87. The Bertz CT molecular complexity index is 852. The summed E-state index contributed by atoms with van der Waals surface area (Å²) >= 11 is 1.42. The van der Waals surface area contributed by atoms with Gasteiger partial charge in [-0.1, -0.05) is 23.9 Å². The molecule has 0 spiro atoms. The Kier molecular flexibility index (Phi) is 4.60. The highest BCUT2D eigenvalue weighted by molar-refractivity contribution is 7.99. The van der Waals surface area contributed by atoms with Crippen molar-refractivity contribution in [2.75, 3.05) is 23.9 Å². The predicted molar refractivity (Wildman–Crippen MR) is 91.8 cm³/mol. The maximum Gasteiger partial charge on any atom is 0.276 e. The Labute approximate surface area is 150 Å². The van der Waals surface area contributed by atoms with Crippen LogP contribution in [0.1, 0.15) is 12.3 Å². The fourth-order valence-corrected chi connectivity index (χ4v) is 5.58. The topological polar surface area (TPSA) is 91.5 Å². The summed E-state index contributed by atoms with van der Waals surface area (Å²) in [6, 6.07) is 7.58. The van der Waals surface area contributed by atoms with Gasteiger partial charge in [0, 0.05) is 12.2 Å². The second-order valence-corrected chi connectivity index (χ2v) is 9.44. The number of ether oxygens (including phenoxy) is 2. The number of sulfone groups is 1. The Morgan fingerprint density at radius 2 is 2.04 bits per heavy atom. The van der Waals surface area contributed by atoms with Crippen LogP contribution < -0.4 is 9.47 Å². The molecule has 9 heteroatoms. The number of fused-ring (bicyclic) bond motifs is 1. The Hall–Kier alpha value is -1.74. The van der Waals surface area contributed by atoms with Gasteiger partial charge in [-0.25, -0.2) is 8.42 Å². The molecule has 0 unspecified atom stereocenters. The summed E-state index contributed by atoms with van der Waals surface area (Å²) in [5.41, 5.74) is 0. The van der Waals surface area contributed by atoms with Gasteiger partial charge in [0.25, 0.3) is 5.22 Å². The van der Waals surface area contributed by atoms with E-state index in [9.17, 15) is 8.42 Å². The molecule has 134 valence electrons. The first-order valence-corrected chi connectivity index (χ1v) is 10.9. The van der Waals surface area contributed by atoms with Gasteiger partial charge in [-0.3, -0.25) is 0 Å². The molecule has 1 fully saturated rings. The molecule has 2 aromatic rings. The third kappa shape index (κ3) is 4.09. The van der Waals surface area contributed by atoms with Crippen molar-refractivity contribution in [3.8, 4) is 11.5 Å². The van der Waals surface area contributed by atoms with Crippen molar-refractivity contribution in [2.45, 2.75) is 24.2 Å². The minimum absolute atomic E-state index is 0.0786. The molecule has 4 rings (SSSR count). The van der Waals surface area contributed by atoms with Gasteiger partial charge in [0.05, 0.1) is 11.5 Å². The van der Waals surface area contributed by atoms with Gasteiger partial charge in [-0.05, 0) is 24.5 Å². The van der Waals surface area contributed by atoms with Crippen LogP contribution in [-0.2, 0) is 16.3 Å². The molecule has 0 bridgehead atoms. The quantitative estimate of drug-likeness (QED) is 0.725. The van der Waals surface area contributed by atoms with Crippen LogP contribution in [0.2, 0.25) is 0 Å². The lowest BCUT2D eigenvalue weighted by Crippen LogP contribution is -2.31. The highest BCUT2D eigenvalue weighted by Crippen LogP contribution is 2.32. The maximum absolute atomic E-state index is 11.5. The molecule has 0 N–H and O–H groups in total. The number of para-hydroxylation sites is 2. The van der Waals surface area contributed by atoms with E-state index in [1.807, 2.05) is 24.3 Å². The summed E-state index contributed by atoms with van der Waals surface area (Å²) in [5.74, 6) is 3.18. The summed E-state index contributed by atoms with van der Waals surface area (Å²) in [6.45, 7) is 0.477. The zero-order valence-corrected chi connectivity index (χ0v) is 15.1. The third-order valence-corrected chi connectivity index (χ3v) is 6.99. The molecule has 3 heterocycles. The van der Waals surface area contributed by atoms with Crippen LogP contribution in [0.4, 0.5) is 0 Å². The van der Waals surface area contributed by atoms with E-state index < -0.39 is 9.84 Å². The number of hydrogen-bond donors (Lipinski definition) is 0. The number of thioether (sulfide) groups is 1. The minimum Gasteiger partial charge on any atom is -0.486 e. The van der Waals surface area contributed by atoms with Crippen LogP contribution in [-0.4, -0.2) is 48.6 Å². The lowest BCUT2D eigenvalue weighted by Gasteiger charge is -2.25. The molecule has 0 radical (unpaired) electrons. The van der Waals surface area contributed by atoms with E-state index in [-0.39, 0.29) is 23.5 Å². The molecule has 2 aliphatic heterocycles. The zero-order valence-electron chi connectivity index (χ0n) is 13.5. The minimum atomic E-state index is -2.88. The summed E-state index contributed by atoms with van der Waals surface area (Å²) in [7, 11) is -2.88. The monoisotopic (exact) mass is 382 g/mol. The standard InChI is InChI=1S/C16H18N2O5S2/c19-25(20)6-5-11(10-25)7-15-17-18-16(23-15)24-9-12-8-21-13-3-1-2-4-14(13)22-12/h1-4,11-12H,5-10H2/t11-,12+/m0/s1. The Morgan fingerprint density at radius 1 is 1.20 bits per heavy atom. The van der Waals surface area contributed by atoms with Crippen LogP contribution in [0, 0.1) is 5.92 Å². The molecular formula is C16H18N2O5S2. The average Bonchev–Trinajstić information content (AvgIpc) is 3.19. The van der Waals surface area contributed by atoms with Crippen LogP contribution in [0.5, 0.6) is 11.5 Å². The molecule has 1 saturated heterocycles. The lowest BCUT2D eigenvalue weighted by molar-refractivity contribution is 0.107. The summed E-state index contributed by atoms with van der Waals surface area (Å²) in [4.78, 5) is 0. The molecule has 0 aliphatic carbocycles. The van der Waals surface area contributed by atoms with E-state index in [4.69, 9.17) is 13.9 Å². The summed E-state index contributed by atoms with van der Waals surface area (Å²) in [6.07, 6.45) is 1.10. The fraction of sp³-hybridized carbons (Fsp3) is 0.500. The lowest BCUT2D eigenvalue weighted by atomic mass is 10.1. The predicted octanol–water partition coefficient (Wildman–Crippen LogP) is 1.98. The Morgan fingerprint density at radius 3 is 2.84 bits per heavy atom. The van der Waals surface area contributed by atoms with Crippen molar-refractivity contribution in [3.63, 3.8) is 0 Å². The number of hydrogen-bond acceptors (Lipinski definition) is 8. The maximum atomic E-state index is 11.5. The first-order valence-electron chi connectivity index (χ1n) is 8.11. The number of benzene rings is 1. The molecule has 2 atom stereocenters. The van der Waals surface area contributed by atoms with Gasteiger partial charge in [-0.15, -0.1) is 10.2 Å². The highest BCUT2D eigenvalue weighted by atomic mass is 32.2. The van der Waals surface area contributed by atoms with E-state index in [2.05, 4.69) is 10.2 Å². The van der Waals surface area contributed by atoms with Gasteiger partial charge in [-0.2, -0.15) is 0 Å². The van der Waals surface area contributed by atoms with Crippen LogP contribution >= 0.6 is 11.8 Å². The molecule has 0 amide bonds. The van der Waals surface area contributed by atoms with Gasteiger partial charge in [0.2, 0.25) is 5.89 Å². The molecule has 0 saturated carbocycles. The fourth-order valence-electron chi connectivity index (χ4n) is 2.97. The normalized spacial score (nSPS) is 24.3. The van der Waals surface area contributed by atoms with E-state index in [1.54, 1.807) is 0 Å². The highest BCUT2D eigenvalue weighted by Gasteiger charge is 2.29. The van der Waals surface area contributed by atoms with Crippen molar-refractivity contribution >= 4 is 21.6 Å². The smallest absolute Gasteiger partial charge is 0.276 e. The molecule has 1 aromatic heterocycles. The molecular weight excluding hydrogens is 364 g/mol. The first-order chi connectivity index (χ1) is 12.1. The van der Waals surface area contributed by atoms with E-state index >= 15 is 0 Å². The van der Waals surface area contributed by atoms with Crippen LogP contribution in [0.25, 0.3) is 0 Å².